The van der Waals surface area contributed by atoms with Crippen molar-refractivity contribution in [2.45, 2.75) is 6.54 Å². The molecule has 94 valence electrons. The number of pyridine rings is 1. The number of carbonyl (C=O) groups excluding carboxylic acids is 1. The number of nitrogens with zero attached hydrogens (tertiary/aromatic N) is 2. The number of rotatable bonds is 3. The van der Waals surface area contributed by atoms with E-state index in [1.165, 1.54) is 0 Å². The van der Waals surface area contributed by atoms with Crippen molar-refractivity contribution in [3.63, 3.8) is 0 Å². The van der Waals surface area contributed by atoms with Gasteiger partial charge in [0.15, 0.2) is 5.82 Å². The van der Waals surface area contributed by atoms with Gasteiger partial charge in [-0.1, -0.05) is 12.1 Å². The molecule has 0 aliphatic rings. The summed E-state index contributed by atoms with van der Waals surface area (Å²) >= 11 is 0. The van der Waals surface area contributed by atoms with Gasteiger partial charge >= 0.3 is 0 Å². The number of amides is 1. The second kappa shape index (κ2) is 4.89. The van der Waals surface area contributed by atoms with Gasteiger partial charge < -0.3 is 10.3 Å². The smallest absolute Gasteiger partial charge is 0.287 e. The summed E-state index contributed by atoms with van der Waals surface area (Å²) in [5, 5.41) is 2.82. The third-order valence-corrected chi connectivity index (χ3v) is 2.81. The molecule has 0 aliphatic heterocycles. The highest BCUT2D eigenvalue weighted by Gasteiger charge is 2.10. The molecule has 0 spiro atoms. The van der Waals surface area contributed by atoms with Crippen LogP contribution in [0.1, 0.15) is 16.2 Å². The fourth-order valence-electron chi connectivity index (χ4n) is 1.83. The number of imidazole rings is 1. The number of para-hydroxylation sites is 2. The molecule has 2 heterocycles. The first-order chi connectivity index (χ1) is 9.33. The molecular formula is C14H12N4O. The third kappa shape index (κ3) is 2.44. The summed E-state index contributed by atoms with van der Waals surface area (Å²) < 4.78 is 0. The fourth-order valence-corrected chi connectivity index (χ4v) is 1.83. The third-order valence-electron chi connectivity index (χ3n) is 2.81. The van der Waals surface area contributed by atoms with E-state index in [0.29, 0.717) is 12.4 Å². The summed E-state index contributed by atoms with van der Waals surface area (Å²) in [5.74, 6) is 0.114. The van der Waals surface area contributed by atoms with E-state index in [1.807, 2.05) is 36.4 Å². The zero-order valence-electron chi connectivity index (χ0n) is 10.1. The Bertz CT molecular complexity index is 673. The molecule has 0 atom stereocenters. The minimum absolute atomic E-state index is 0.215. The first-order valence-electron chi connectivity index (χ1n) is 5.95. The van der Waals surface area contributed by atoms with E-state index in [4.69, 9.17) is 0 Å². The highest BCUT2D eigenvalue weighted by atomic mass is 16.2. The number of aromatic amines is 1. The van der Waals surface area contributed by atoms with E-state index < -0.39 is 0 Å². The molecule has 0 radical (unpaired) electrons. The van der Waals surface area contributed by atoms with E-state index in [-0.39, 0.29) is 5.91 Å². The first-order valence-corrected chi connectivity index (χ1v) is 5.95. The van der Waals surface area contributed by atoms with Crippen molar-refractivity contribution in [3.8, 4) is 0 Å². The lowest BCUT2D eigenvalue weighted by Crippen LogP contribution is -2.23. The average molecular weight is 252 g/mol. The molecule has 1 aromatic carbocycles. The molecule has 0 aliphatic carbocycles. The normalized spacial score (nSPS) is 10.5. The first kappa shape index (κ1) is 11.4. The topological polar surface area (TPSA) is 70.7 Å². The van der Waals surface area contributed by atoms with Gasteiger partial charge in [-0.15, -0.1) is 0 Å². The van der Waals surface area contributed by atoms with E-state index in [2.05, 4.69) is 20.3 Å². The molecule has 1 amide bonds. The van der Waals surface area contributed by atoms with E-state index in [9.17, 15) is 4.79 Å². The van der Waals surface area contributed by atoms with Gasteiger partial charge in [0.05, 0.1) is 11.0 Å². The number of benzene rings is 1. The zero-order valence-corrected chi connectivity index (χ0v) is 10.1. The van der Waals surface area contributed by atoms with E-state index >= 15 is 0 Å². The summed E-state index contributed by atoms with van der Waals surface area (Å²) in [6.45, 7) is 0.457. The molecule has 0 saturated heterocycles. The maximum absolute atomic E-state index is 12.0. The molecule has 5 heteroatoms. The minimum Gasteiger partial charge on any atom is -0.345 e. The predicted octanol–water partition coefficient (Wildman–Crippen LogP) is 1.89. The van der Waals surface area contributed by atoms with Crippen molar-refractivity contribution < 1.29 is 4.79 Å². The van der Waals surface area contributed by atoms with Gasteiger partial charge in [-0.25, -0.2) is 4.98 Å². The highest BCUT2D eigenvalue weighted by molar-refractivity contribution is 5.94. The number of aromatic nitrogens is 3. The second-order valence-corrected chi connectivity index (χ2v) is 4.14. The maximum Gasteiger partial charge on any atom is 0.287 e. The number of hydrogen-bond acceptors (Lipinski definition) is 3. The van der Waals surface area contributed by atoms with Crippen molar-refractivity contribution in [1.82, 2.24) is 20.3 Å². The molecule has 0 fully saturated rings. The Hall–Kier alpha value is -2.69. The van der Waals surface area contributed by atoms with Crippen LogP contribution >= 0.6 is 0 Å². The van der Waals surface area contributed by atoms with Crippen LogP contribution in [-0.4, -0.2) is 20.9 Å². The number of nitrogens with one attached hydrogen (secondary N) is 2. The number of carbonyl (C=O) groups is 1. The van der Waals surface area contributed by atoms with Crippen molar-refractivity contribution in [3.05, 3.63) is 60.2 Å². The van der Waals surface area contributed by atoms with Crippen LogP contribution in [0.4, 0.5) is 0 Å². The molecule has 2 N–H and O–H groups in total. The van der Waals surface area contributed by atoms with Crippen LogP contribution in [0.15, 0.2) is 48.8 Å². The monoisotopic (exact) mass is 252 g/mol. The minimum atomic E-state index is -0.215. The van der Waals surface area contributed by atoms with Gasteiger partial charge in [0.2, 0.25) is 0 Å². The molecule has 19 heavy (non-hydrogen) atoms. The van der Waals surface area contributed by atoms with Gasteiger partial charge in [-0.3, -0.25) is 9.78 Å². The van der Waals surface area contributed by atoms with Crippen LogP contribution in [0, 0.1) is 0 Å². The molecule has 0 bridgehead atoms. The van der Waals surface area contributed by atoms with Gasteiger partial charge in [-0.2, -0.15) is 0 Å². The highest BCUT2D eigenvalue weighted by Crippen LogP contribution is 2.10. The van der Waals surface area contributed by atoms with Crippen LogP contribution < -0.4 is 5.32 Å². The summed E-state index contributed by atoms with van der Waals surface area (Å²) in [4.78, 5) is 23.1. The molecular weight excluding hydrogens is 240 g/mol. The number of H-pyrrole nitrogens is 1. The Labute approximate surface area is 109 Å². The quantitative estimate of drug-likeness (QED) is 0.747. The Morgan fingerprint density at radius 3 is 2.74 bits per heavy atom. The van der Waals surface area contributed by atoms with Crippen LogP contribution in [0.2, 0.25) is 0 Å². The van der Waals surface area contributed by atoms with Crippen molar-refractivity contribution in [1.29, 1.82) is 0 Å². The predicted molar refractivity (Wildman–Crippen MR) is 71.5 cm³/mol. The second-order valence-electron chi connectivity index (χ2n) is 4.14. The molecule has 3 aromatic rings. The SMILES string of the molecule is O=C(NCc1ccncc1)c1nc2ccccc2[nH]1. The Kier molecular flexibility index (Phi) is 2.94. The van der Waals surface area contributed by atoms with Crippen LogP contribution in [-0.2, 0) is 6.54 Å². The largest absolute Gasteiger partial charge is 0.345 e. The number of fused-ring (bicyclic) bond motifs is 1. The van der Waals surface area contributed by atoms with E-state index in [0.717, 1.165) is 16.6 Å². The lowest BCUT2D eigenvalue weighted by atomic mass is 10.3. The van der Waals surface area contributed by atoms with Gasteiger partial charge in [0, 0.05) is 18.9 Å². The summed E-state index contributed by atoms with van der Waals surface area (Å²) in [5.41, 5.74) is 2.65. The molecule has 2 aromatic heterocycles. The molecule has 3 rings (SSSR count). The van der Waals surface area contributed by atoms with Crippen LogP contribution in [0.5, 0.6) is 0 Å². The van der Waals surface area contributed by atoms with Crippen LogP contribution in [0.25, 0.3) is 11.0 Å². The lowest BCUT2D eigenvalue weighted by molar-refractivity contribution is 0.0942. The summed E-state index contributed by atoms with van der Waals surface area (Å²) in [6, 6.07) is 11.3. The van der Waals surface area contributed by atoms with Gasteiger partial charge in [-0.05, 0) is 29.8 Å². The Balaban J connectivity index is 1.73. The molecule has 0 unspecified atom stereocenters. The van der Waals surface area contributed by atoms with E-state index in [1.54, 1.807) is 12.4 Å². The lowest BCUT2D eigenvalue weighted by Gasteiger charge is -2.02. The Morgan fingerprint density at radius 1 is 1.16 bits per heavy atom. The van der Waals surface area contributed by atoms with Crippen LogP contribution in [0.3, 0.4) is 0 Å². The van der Waals surface area contributed by atoms with Crippen molar-refractivity contribution >= 4 is 16.9 Å². The molecule has 5 nitrogen and oxygen atoms in total. The van der Waals surface area contributed by atoms with Gasteiger partial charge in [0.1, 0.15) is 0 Å². The fraction of sp³-hybridized carbons (Fsp3) is 0.0714. The maximum atomic E-state index is 12.0. The molecule has 0 saturated carbocycles. The zero-order chi connectivity index (χ0) is 13.1. The van der Waals surface area contributed by atoms with Gasteiger partial charge in [0.25, 0.3) is 5.91 Å². The summed E-state index contributed by atoms with van der Waals surface area (Å²) in [6.07, 6.45) is 3.39. The standard InChI is InChI=1S/C14H12N4O/c19-14(16-9-10-5-7-15-8-6-10)13-17-11-3-1-2-4-12(11)18-13/h1-8H,9H2,(H,16,19)(H,17,18). The number of hydrogen-bond donors (Lipinski definition) is 2. The Morgan fingerprint density at radius 2 is 1.95 bits per heavy atom. The average Bonchev–Trinajstić information content (AvgIpc) is 2.90. The summed E-state index contributed by atoms with van der Waals surface area (Å²) in [7, 11) is 0. The van der Waals surface area contributed by atoms with Crippen molar-refractivity contribution in [2.75, 3.05) is 0 Å². The van der Waals surface area contributed by atoms with Crippen molar-refractivity contribution in [2.24, 2.45) is 0 Å².